The average molecular weight is 345 g/mol. The summed E-state index contributed by atoms with van der Waals surface area (Å²) in [5.74, 6) is 1.88. The third-order valence-electron chi connectivity index (χ3n) is 4.31. The SMILES string of the molecule is CCC(NC(=O)N1CCSCC1c1cnn(C)c1)c1ccncc1. The number of rotatable bonds is 4. The zero-order valence-corrected chi connectivity index (χ0v) is 14.9. The van der Waals surface area contributed by atoms with Crippen LogP contribution in [0.1, 0.15) is 36.6 Å². The minimum atomic E-state index is -0.00665. The van der Waals surface area contributed by atoms with Gasteiger partial charge in [0.15, 0.2) is 0 Å². The van der Waals surface area contributed by atoms with Crippen LogP contribution in [0.5, 0.6) is 0 Å². The normalized spacial score (nSPS) is 19.1. The Morgan fingerprint density at radius 3 is 2.92 bits per heavy atom. The predicted molar refractivity (Wildman–Crippen MR) is 95.8 cm³/mol. The minimum Gasteiger partial charge on any atom is -0.331 e. The average Bonchev–Trinajstić information content (AvgIpc) is 3.06. The van der Waals surface area contributed by atoms with Crippen LogP contribution >= 0.6 is 11.8 Å². The summed E-state index contributed by atoms with van der Waals surface area (Å²) in [6, 6.07) is 3.99. The topological polar surface area (TPSA) is 63.1 Å². The maximum atomic E-state index is 12.9. The lowest BCUT2D eigenvalue weighted by Gasteiger charge is -2.36. The summed E-state index contributed by atoms with van der Waals surface area (Å²) in [7, 11) is 1.90. The van der Waals surface area contributed by atoms with Gasteiger partial charge in [-0.25, -0.2) is 4.79 Å². The van der Waals surface area contributed by atoms with E-state index < -0.39 is 0 Å². The number of carbonyl (C=O) groups excluding carboxylic acids is 1. The van der Waals surface area contributed by atoms with Crippen LogP contribution < -0.4 is 5.32 Å². The smallest absolute Gasteiger partial charge is 0.318 e. The van der Waals surface area contributed by atoms with Gasteiger partial charge in [0.25, 0.3) is 0 Å². The van der Waals surface area contributed by atoms with Gasteiger partial charge < -0.3 is 10.2 Å². The largest absolute Gasteiger partial charge is 0.331 e. The highest BCUT2D eigenvalue weighted by Gasteiger charge is 2.30. The number of thioether (sulfide) groups is 1. The molecule has 1 fully saturated rings. The van der Waals surface area contributed by atoms with Gasteiger partial charge in [0.2, 0.25) is 0 Å². The van der Waals surface area contributed by atoms with E-state index >= 15 is 0 Å². The number of nitrogens with one attached hydrogen (secondary N) is 1. The summed E-state index contributed by atoms with van der Waals surface area (Å²) >= 11 is 1.88. The molecule has 2 amide bonds. The molecule has 128 valence electrons. The second-order valence-corrected chi connectivity index (χ2v) is 7.07. The number of carbonyl (C=O) groups is 1. The van der Waals surface area contributed by atoms with Crippen molar-refractivity contribution in [1.29, 1.82) is 0 Å². The lowest BCUT2D eigenvalue weighted by molar-refractivity contribution is 0.178. The molecule has 24 heavy (non-hydrogen) atoms. The summed E-state index contributed by atoms with van der Waals surface area (Å²) in [6.07, 6.45) is 8.23. The molecule has 2 atom stereocenters. The van der Waals surface area contributed by atoms with Crippen LogP contribution in [0.4, 0.5) is 4.79 Å². The van der Waals surface area contributed by atoms with Crippen LogP contribution in [0.15, 0.2) is 36.9 Å². The Morgan fingerprint density at radius 1 is 1.46 bits per heavy atom. The van der Waals surface area contributed by atoms with Crippen LogP contribution in [0, 0.1) is 0 Å². The fraction of sp³-hybridized carbons (Fsp3) is 0.471. The van der Waals surface area contributed by atoms with Gasteiger partial charge in [0, 0.05) is 49.3 Å². The Hall–Kier alpha value is -2.02. The van der Waals surface area contributed by atoms with E-state index in [1.807, 2.05) is 48.2 Å². The van der Waals surface area contributed by atoms with Crippen LogP contribution in [0.25, 0.3) is 0 Å². The zero-order valence-electron chi connectivity index (χ0n) is 14.1. The Balaban J connectivity index is 1.74. The summed E-state index contributed by atoms with van der Waals surface area (Å²) in [4.78, 5) is 18.9. The van der Waals surface area contributed by atoms with Crippen molar-refractivity contribution >= 4 is 17.8 Å². The molecular formula is C17H23N5OS. The molecule has 2 unspecified atom stereocenters. The van der Waals surface area contributed by atoms with Crippen molar-refractivity contribution in [1.82, 2.24) is 25.0 Å². The molecule has 0 saturated carbocycles. The first-order chi connectivity index (χ1) is 11.7. The van der Waals surface area contributed by atoms with Gasteiger partial charge in [0.05, 0.1) is 18.3 Å². The number of hydrogen-bond donors (Lipinski definition) is 1. The number of hydrogen-bond acceptors (Lipinski definition) is 4. The lowest BCUT2D eigenvalue weighted by Crippen LogP contribution is -2.47. The maximum Gasteiger partial charge on any atom is 0.318 e. The van der Waals surface area contributed by atoms with E-state index in [2.05, 4.69) is 22.3 Å². The van der Waals surface area contributed by atoms with Gasteiger partial charge in [-0.1, -0.05) is 6.92 Å². The molecule has 1 aliphatic heterocycles. The van der Waals surface area contributed by atoms with Gasteiger partial charge in [-0.15, -0.1) is 0 Å². The molecule has 0 aromatic carbocycles. The van der Waals surface area contributed by atoms with E-state index in [1.165, 1.54) is 0 Å². The number of urea groups is 1. The van der Waals surface area contributed by atoms with Crippen molar-refractivity contribution in [2.45, 2.75) is 25.4 Å². The minimum absolute atomic E-state index is 0.00429. The zero-order chi connectivity index (χ0) is 16.9. The molecule has 6 nitrogen and oxygen atoms in total. The van der Waals surface area contributed by atoms with Crippen LogP contribution in [-0.4, -0.2) is 43.7 Å². The molecular weight excluding hydrogens is 322 g/mol. The van der Waals surface area contributed by atoms with Gasteiger partial charge in [-0.2, -0.15) is 16.9 Å². The molecule has 7 heteroatoms. The third kappa shape index (κ3) is 3.72. The predicted octanol–water partition coefficient (Wildman–Crippen LogP) is 2.77. The number of aromatic nitrogens is 3. The summed E-state index contributed by atoms with van der Waals surface area (Å²) in [5.41, 5.74) is 2.18. The third-order valence-corrected chi connectivity index (χ3v) is 5.34. The van der Waals surface area contributed by atoms with Crippen molar-refractivity contribution in [3.05, 3.63) is 48.0 Å². The first-order valence-corrected chi connectivity index (χ1v) is 9.38. The van der Waals surface area contributed by atoms with E-state index in [-0.39, 0.29) is 18.1 Å². The molecule has 0 aliphatic carbocycles. The monoisotopic (exact) mass is 345 g/mol. The fourth-order valence-corrected chi connectivity index (χ4v) is 4.07. The number of nitrogens with zero attached hydrogens (tertiary/aromatic N) is 4. The van der Waals surface area contributed by atoms with E-state index in [0.717, 1.165) is 35.6 Å². The van der Waals surface area contributed by atoms with Crippen LogP contribution in [-0.2, 0) is 7.05 Å². The van der Waals surface area contributed by atoms with Crippen molar-refractivity contribution in [2.24, 2.45) is 7.05 Å². The van der Waals surface area contributed by atoms with E-state index in [1.54, 1.807) is 17.1 Å². The molecule has 3 rings (SSSR count). The van der Waals surface area contributed by atoms with Crippen molar-refractivity contribution in [2.75, 3.05) is 18.1 Å². The summed E-state index contributed by atoms with van der Waals surface area (Å²) in [6.45, 7) is 2.83. The number of aryl methyl sites for hydroxylation is 1. The standard InChI is InChI=1S/C17H23N5OS/c1-3-15(13-4-6-18-7-5-13)20-17(23)22-8-9-24-12-16(22)14-10-19-21(2)11-14/h4-7,10-11,15-16H,3,8-9,12H2,1-2H3,(H,20,23). The van der Waals surface area contributed by atoms with Gasteiger partial charge in [-0.3, -0.25) is 9.67 Å². The van der Waals surface area contributed by atoms with Gasteiger partial charge in [-0.05, 0) is 24.1 Å². The van der Waals surface area contributed by atoms with Crippen molar-refractivity contribution < 1.29 is 4.79 Å². The van der Waals surface area contributed by atoms with E-state index in [9.17, 15) is 4.79 Å². The van der Waals surface area contributed by atoms with Crippen molar-refractivity contribution in [3.8, 4) is 0 Å². The molecule has 2 aromatic heterocycles. The van der Waals surface area contributed by atoms with Crippen molar-refractivity contribution in [3.63, 3.8) is 0 Å². The highest BCUT2D eigenvalue weighted by atomic mass is 32.2. The Bertz CT molecular complexity index is 675. The van der Waals surface area contributed by atoms with Gasteiger partial charge in [0.1, 0.15) is 0 Å². The lowest BCUT2D eigenvalue weighted by atomic mass is 10.1. The Kier molecular flexibility index (Phi) is 5.40. The second kappa shape index (κ2) is 7.70. The first kappa shape index (κ1) is 16.8. The fourth-order valence-electron chi connectivity index (χ4n) is 2.98. The van der Waals surface area contributed by atoms with Crippen LogP contribution in [0.3, 0.4) is 0 Å². The second-order valence-electron chi connectivity index (χ2n) is 5.92. The molecule has 1 N–H and O–H groups in total. The summed E-state index contributed by atoms with van der Waals surface area (Å²) < 4.78 is 1.79. The molecule has 0 spiro atoms. The highest BCUT2D eigenvalue weighted by molar-refractivity contribution is 7.99. The van der Waals surface area contributed by atoms with E-state index in [4.69, 9.17) is 0 Å². The molecule has 3 heterocycles. The molecule has 0 radical (unpaired) electrons. The molecule has 2 aromatic rings. The summed E-state index contributed by atoms with van der Waals surface area (Å²) in [5, 5.41) is 7.43. The van der Waals surface area contributed by atoms with Crippen LogP contribution in [0.2, 0.25) is 0 Å². The molecule has 1 aliphatic rings. The maximum absolute atomic E-state index is 12.9. The Labute approximate surface area is 146 Å². The molecule has 1 saturated heterocycles. The Morgan fingerprint density at radius 2 is 2.25 bits per heavy atom. The first-order valence-electron chi connectivity index (χ1n) is 8.22. The molecule has 0 bridgehead atoms. The number of pyridine rings is 1. The quantitative estimate of drug-likeness (QED) is 0.925. The van der Waals surface area contributed by atoms with E-state index in [0.29, 0.717) is 0 Å². The van der Waals surface area contributed by atoms with Gasteiger partial charge >= 0.3 is 6.03 Å². The number of amides is 2. The highest BCUT2D eigenvalue weighted by Crippen LogP contribution is 2.30.